The molecule has 1 aromatic heterocycles. The smallest absolute Gasteiger partial charge is 0.255 e. The number of carbonyl (C=O) groups is 2. The van der Waals surface area contributed by atoms with E-state index in [1.54, 1.807) is 6.07 Å². The maximum absolute atomic E-state index is 11.7. The lowest BCUT2D eigenvalue weighted by atomic mass is 10.1. The first kappa shape index (κ1) is 14.1. The average Bonchev–Trinajstić information content (AvgIpc) is 2.79. The topological polar surface area (TPSA) is 82.3 Å². The van der Waals surface area contributed by atoms with Gasteiger partial charge in [-0.2, -0.15) is 0 Å². The average molecular weight is 297 g/mol. The maximum Gasteiger partial charge on any atom is 0.255 e. The third-order valence-electron chi connectivity index (χ3n) is 3.63. The molecular formula is C16H15N3O3. The molecular weight excluding hydrogens is 282 g/mol. The van der Waals surface area contributed by atoms with Crippen molar-refractivity contribution in [1.29, 1.82) is 0 Å². The van der Waals surface area contributed by atoms with Crippen LogP contribution in [0.15, 0.2) is 40.8 Å². The lowest BCUT2D eigenvalue weighted by molar-refractivity contribution is -0.138. The molecule has 0 atom stereocenters. The van der Waals surface area contributed by atoms with E-state index < -0.39 is 0 Å². The molecule has 1 aliphatic rings. The lowest BCUT2D eigenvalue weighted by Gasteiger charge is -2.13. The van der Waals surface area contributed by atoms with Crippen molar-refractivity contribution < 1.29 is 9.59 Å². The van der Waals surface area contributed by atoms with E-state index in [4.69, 9.17) is 0 Å². The zero-order valence-electron chi connectivity index (χ0n) is 12.3. The van der Waals surface area contributed by atoms with Crippen molar-refractivity contribution in [2.24, 2.45) is 0 Å². The molecule has 0 unspecified atom stereocenters. The molecule has 3 rings (SSSR count). The molecule has 22 heavy (non-hydrogen) atoms. The second kappa shape index (κ2) is 5.14. The fourth-order valence-corrected chi connectivity index (χ4v) is 2.56. The zero-order chi connectivity index (χ0) is 15.9. The van der Waals surface area contributed by atoms with Gasteiger partial charge in [0.1, 0.15) is 0 Å². The SMILES string of the molecule is CC(=O)N1CC(Nc2ccc3c(C)cc(=O)[nH]c3c2)=CC1=O. The molecule has 6 heteroatoms. The van der Waals surface area contributed by atoms with Crippen LogP contribution in [-0.4, -0.2) is 28.2 Å². The summed E-state index contributed by atoms with van der Waals surface area (Å²) in [7, 11) is 0. The zero-order valence-corrected chi connectivity index (χ0v) is 12.3. The second-order valence-corrected chi connectivity index (χ2v) is 5.31. The molecule has 2 heterocycles. The van der Waals surface area contributed by atoms with E-state index in [1.165, 1.54) is 13.0 Å². The molecule has 1 aliphatic heterocycles. The molecule has 6 nitrogen and oxygen atoms in total. The number of nitrogens with one attached hydrogen (secondary N) is 2. The van der Waals surface area contributed by atoms with Crippen LogP contribution in [-0.2, 0) is 9.59 Å². The van der Waals surface area contributed by atoms with Gasteiger partial charge in [0.25, 0.3) is 5.91 Å². The fraction of sp³-hybridized carbons (Fsp3) is 0.188. The number of carbonyl (C=O) groups excluding carboxylic acids is 2. The number of rotatable bonds is 2. The number of hydrogen-bond donors (Lipinski definition) is 2. The van der Waals surface area contributed by atoms with E-state index in [-0.39, 0.29) is 23.9 Å². The molecule has 0 bridgehead atoms. The van der Waals surface area contributed by atoms with Gasteiger partial charge in [-0.05, 0) is 24.6 Å². The van der Waals surface area contributed by atoms with Gasteiger partial charge in [-0.25, -0.2) is 0 Å². The number of aromatic nitrogens is 1. The van der Waals surface area contributed by atoms with Crippen LogP contribution in [0.2, 0.25) is 0 Å². The van der Waals surface area contributed by atoms with Crippen LogP contribution in [0.1, 0.15) is 12.5 Å². The molecule has 0 radical (unpaired) electrons. The first-order valence-electron chi connectivity index (χ1n) is 6.87. The van der Waals surface area contributed by atoms with Crippen LogP contribution >= 0.6 is 0 Å². The van der Waals surface area contributed by atoms with Crippen LogP contribution in [0.3, 0.4) is 0 Å². The van der Waals surface area contributed by atoms with Gasteiger partial charge in [-0.3, -0.25) is 19.3 Å². The Balaban J connectivity index is 1.89. The molecule has 0 saturated heterocycles. The van der Waals surface area contributed by atoms with Crippen LogP contribution in [0.5, 0.6) is 0 Å². The molecule has 0 fully saturated rings. The summed E-state index contributed by atoms with van der Waals surface area (Å²) in [6.07, 6.45) is 1.41. The van der Waals surface area contributed by atoms with Crippen molar-refractivity contribution in [2.75, 3.05) is 11.9 Å². The first-order valence-corrected chi connectivity index (χ1v) is 6.87. The Labute approximate surface area is 126 Å². The number of aromatic amines is 1. The quantitative estimate of drug-likeness (QED) is 0.880. The number of H-pyrrole nitrogens is 1. The summed E-state index contributed by atoms with van der Waals surface area (Å²) in [4.78, 5) is 38.5. The minimum absolute atomic E-state index is 0.153. The van der Waals surface area contributed by atoms with E-state index in [9.17, 15) is 14.4 Å². The predicted molar refractivity (Wildman–Crippen MR) is 83.4 cm³/mol. The minimum atomic E-state index is -0.319. The monoisotopic (exact) mass is 297 g/mol. The predicted octanol–water partition coefficient (Wildman–Crippen LogP) is 1.52. The number of imide groups is 1. The molecule has 2 aromatic rings. The van der Waals surface area contributed by atoms with Crippen LogP contribution in [0.25, 0.3) is 10.9 Å². The summed E-state index contributed by atoms with van der Waals surface area (Å²) >= 11 is 0. The van der Waals surface area contributed by atoms with Crippen molar-refractivity contribution in [3.8, 4) is 0 Å². The maximum atomic E-state index is 11.7. The number of nitrogens with zero attached hydrogens (tertiary/aromatic N) is 1. The Bertz CT molecular complexity index is 880. The number of amides is 2. The normalized spacial score (nSPS) is 14.4. The summed E-state index contributed by atoms with van der Waals surface area (Å²) in [6, 6.07) is 7.14. The number of benzene rings is 1. The van der Waals surface area contributed by atoms with E-state index in [1.807, 2.05) is 25.1 Å². The first-order chi connectivity index (χ1) is 10.4. The van der Waals surface area contributed by atoms with E-state index in [0.717, 1.165) is 27.1 Å². The minimum Gasteiger partial charge on any atom is -0.357 e. The van der Waals surface area contributed by atoms with Crippen LogP contribution in [0, 0.1) is 6.92 Å². The van der Waals surface area contributed by atoms with Gasteiger partial charge >= 0.3 is 0 Å². The van der Waals surface area contributed by atoms with Gasteiger partial charge in [-0.15, -0.1) is 0 Å². The molecule has 2 amide bonds. The number of aryl methyl sites for hydroxylation is 1. The molecule has 1 aromatic carbocycles. The third-order valence-corrected chi connectivity index (χ3v) is 3.63. The highest BCUT2D eigenvalue weighted by atomic mass is 16.2. The Kier molecular flexibility index (Phi) is 3.29. The summed E-state index contributed by atoms with van der Waals surface area (Å²) < 4.78 is 0. The van der Waals surface area contributed by atoms with Gasteiger partial charge in [0.05, 0.1) is 12.1 Å². The van der Waals surface area contributed by atoms with Crippen molar-refractivity contribution >= 4 is 28.4 Å². The number of anilines is 1. The fourth-order valence-electron chi connectivity index (χ4n) is 2.56. The van der Waals surface area contributed by atoms with E-state index in [0.29, 0.717) is 5.70 Å². The highest BCUT2D eigenvalue weighted by Crippen LogP contribution is 2.21. The van der Waals surface area contributed by atoms with Gasteiger partial charge in [0.15, 0.2) is 0 Å². The van der Waals surface area contributed by atoms with Crippen molar-refractivity contribution in [3.63, 3.8) is 0 Å². The highest BCUT2D eigenvalue weighted by molar-refractivity contribution is 6.03. The summed E-state index contributed by atoms with van der Waals surface area (Å²) in [5, 5.41) is 4.08. The van der Waals surface area contributed by atoms with Gasteiger partial charge in [0, 0.05) is 35.8 Å². The van der Waals surface area contributed by atoms with Crippen LogP contribution < -0.4 is 10.9 Å². The number of fused-ring (bicyclic) bond motifs is 1. The Morgan fingerprint density at radius 3 is 2.73 bits per heavy atom. The number of hydrogen-bond acceptors (Lipinski definition) is 4. The Morgan fingerprint density at radius 2 is 2.05 bits per heavy atom. The second-order valence-electron chi connectivity index (χ2n) is 5.31. The molecule has 112 valence electrons. The van der Waals surface area contributed by atoms with Crippen molar-refractivity contribution in [3.05, 3.63) is 52.0 Å². The summed E-state index contributed by atoms with van der Waals surface area (Å²) in [5.41, 5.74) is 2.87. The van der Waals surface area contributed by atoms with E-state index >= 15 is 0 Å². The number of pyridine rings is 1. The lowest BCUT2D eigenvalue weighted by Crippen LogP contribution is -2.31. The van der Waals surface area contributed by atoms with Gasteiger partial charge in [0.2, 0.25) is 11.5 Å². The van der Waals surface area contributed by atoms with E-state index in [2.05, 4.69) is 10.3 Å². The molecule has 0 saturated carbocycles. The summed E-state index contributed by atoms with van der Waals surface area (Å²) in [5.74, 6) is -0.600. The van der Waals surface area contributed by atoms with Crippen molar-refractivity contribution in [1.82, 2.24) is 9.88 Å². The highest BCUT2D eigenvalue weighted by Gasteiger charge is 2.24. The molecule has 2 N–H and O–H groups in total. The standard InChI is InChI=1S/C16H15N3O3/c1-9-5-15(21)18-14-6-11(3-4-13(9)14)17-12-7-16(22)19(8-12)10(2)20/h3-7,17H,8H2,1-2H3,(H,18,21). The van der Waals surface area contributed by atoms with Gasteiger partial charge in [-0.1, -0.05) is 6.07 Å². The molecule has 0 spiro atoms. The van der Waals surface area contributed by atoms with Crippen molar-refractivity contribution in [2.45, 2.75) is 13.8 Å². The largest absolute Gasteiger partial charge is 0.357 e. The Morgan fingerprint density at radius 1 is 1.27 bits per heavy atom. The third kappa shape index (κ3) is 2.50. The van der Waals surface area contributed by atoms with Crippen LogP contribution in [0.4, 0.5) is 5.69 Å². The van der Waals surface area contributed by atoms with Gasteiger partial charge < -0.3 is 10.3 Å². The molecule has 0 aliphatic carbocycles. The summed E-state index contributed by atoms with van der Waals surface area (Å²) in [6.45, 7) is 3.47. The Hall–Kier alpha value is -2.89.